The van der Waals surface area contributed by atoms with Crippen molar-refractivity contribution in [3.8, 4) is 5.75 Å². The van der Waals surface area contributed by atoms with Crippen LogP contribution in [0.3, 0.4) is 0 Å². The Morgan fingerprint density at radius 1 is 0.909 bits per heavy atom. The van der Waals surface area contributed by atoms with Crippen LogP contribution < -0.4 is 4.74 Å². The number of hydrogen-bond donors (Lipinski definition) is 1. The van der Waals surface area contributed by atoms with Gasteiger partial charge in [0.05, 0.1) is 11.1 Å². The summed E-state index contributed by atoms with van der Waals surface area (Å²) in [4.78, 5) is 22.3. The highest BCUT2D eigenvalue weighted by Gasteiger charge is 2.07. The number of esters is 1. The van der Waals surface area contributed by atoms with Crippen LogP contribution in [0.15, 0.2) is 48.5 Å². The minimum Gasteiger partial charge on any atom is -0.490 e. The fraction of sp³-hybridized carbons (Fsp3) is 0.125. The van der Waals surface area contributed by atoms with Crippen LogP contribution in [0, 0.1) is 5.82 Å². The van der Waals surface area contributed by atoms with E-state index in [1.807, 2.05) is 0 Å². The zero-order chi connectivity index (χ0) is 15.9. The van der Waals surface area contributed by atoms with Gasteiger partial charge < -0.3 is 14.6 Å². The molecule has 2 rings (SSSR count). The molecular formula is C16H13FO5. The molecule has 5 nitrogen and oxygen atoms in total. The second kappa shape index (κ2) is 7.21. The molecule has 0 amide bonds. The van der Waals surface area contributed by atoms with Crippen molar-refractivity contribution in [3.63, 3.8) is 0 Å². The molecule has 0 bridgehead atoms. The van der Waals surface area contributed by atoms with Crippen LogP contribution in [0.1, 0.15) is 20.7 Å². The Bertz CT molecular complexity index is 649. The van der Waals surface area contributed by atoms with Gasteiger partial charge in [0, 0.05) is 0 Å². The molecule has 6 heteroatoms. The summed E-state index contributed by atoms with van der Waals surface area (Å²) in [5, 5.41) is 8.75. The SMILES string of the molecule is O=C(O)c1ccc(OCCOC(=O)c2ccc(F)cc2)cc1. The molecule has 0 radical (unpaired) electrons. The molecule has 0 aliphatic rings. The Morgan fingerprint density at radius 2 is 1.50 bits per heavy atom. The first-order chi connectivity index (χ1) is 10.6. The zero-order valence-corrected chi connectivity index (χ0v) is 11.5. The minimum absolute atomic E-state index is 0.0247. The van der Waals surface area contributed by atoms with E-state index >= 15 is 0 Å². The molecule has 0 aromatic heterocycles. The van der Waals surface area contributed by atoms with E-state index < -0.39 is 17.8 Å². The van der Waals surface area contributed by atoms with Crippen molar-refractivity contribution in [1.82, 2.24) is 0 Å². The standard InChI is InChI=1S/C16H13FO5/c17-13-5-1-12(2-6-13)16(20)22-10-9-21-14-7-3-11(4-8-14)15(18)19/h1-8H,9-10H2,(H,18,19). The smallest absolute Gasteiger partial charge is 0.338 e. The Hall–Kier alpha value is -2.89. The molecular weight excluding hydrogens is 291 g/mol. The number of halogens is 1. The molecule has 114 valence electrons. The number of hydrogen-bond acceptors (Lipinski definition) is 4. The van der Waals surface area contributed by atoms with E-state index in [9.17, 15) is 14.0 Å². The fourth-order valence-electron chi connectivity index (χ4n) is 1.66. The van der Waals surface area contributed by atoms with Gasteiger partial charge in [-0.2, -0.15) is 0 Å². The Kier molecular flexibility index (Phi) is 5.08. The number of carboxylic acid groups (broad SMARTS) is 1. The molecule has 0 heterocycles. The van der Waals surface area contributed by atoms with E-state index in [1.165, 1.54) is 48.5 Å². The van der Waals surface area contributed by atoms with Gasteiger partial charge in [-0.05, 0) is 48.5 Å². The first-order valence-electron chi connectivity index (χ1n) is 6.45. The summed E-state index contributed by atoms with van der Waals surface area (Å²) in [6.45, 7) is 0.149. The lowest BCUT2D eigenvalue weighted by molar-refractivity contribution is 0.0450. The van der Waals surface area contributed by atoms with Gasteiger partial charge in [-0.15, -0.1) is 0 Å². The summed E-state index contributed by atoms with van der Waals surface area (Å²) < 4.78 is 23.0. The van der Waals surface area contributed by atoms with Crippen LogP contribution in [-0.4, -0.2) is 30.3 Å². The number of benzene rings is 2. The van der Waals surface area contributed by atoms with E-state index in [4.69, 9.17) is 14.6 Å². The highest BCUT2D eigenvalue weighted by atomic mass is 19.1. The molecule has 0 saturated carbocycles. The molecule has 0 aliphatic heterocycles. The lowest BCUT2D eigenvalue weighted by Crippen LogP contribution is -2.12. The van der Waals surface area contributed by atoms with Gasteiger partial charge in [0.1, 0.15) is 24.8 Å². The quantitative estimate of drug-likeness (QED) is 0.656. The van der Waals surface area contributed by atoms with E-state index in [0.29, 0.717) is 5.75 Å². The van der Waals surface area contributed by atoms with Crippen LogP contribution in [0.4, 0.5) is 4.39 Å². The fourth-order valence-corrected chi connectivity index (χ4v) is 1.66. The normalized spacial score (nSPS) is 10.0. The molecule has 0 spiro atoms. The van der Waals surface area contributed by atoms with Crippen LogP contribution in [0.25, 0.3) is 0 Å². The van der Waals surface area contributed by atoms with Crippen molar-refractivity contribution in [1.29, 1.82) is 0 Å². The van der Waals surface area contributed by atoms with E-state index in [0.717, 1.165) is 0 Å². The van der Waals surface area contributed by atoms with E-state index in [2.05, 4.69) is 0 Å². The maximum absolute atomic E-state index is 12.7. The minimum atomic E-state index is -1.01. The first kappa shape index (κ1) is 15.5. The van der Waals surface area contributed by atoms with Crippen LogP contribution in [0.5, 0.6) is 5.75 Å². The van der Waals surface area contributed by atoms with Crippen LogP contribution >= 0.6 is 0 Å². The van der Waals surface area contributed by atoms with Gasteiger partial charge in [0.25, 0.3) is 0 Å². The van der Waals surface area contributed by atoms with Crippen molar-refractivity contribution in [3.05, 3.63) is 65.5 Å². The van der Waals surface area contributed by atoms with E-state index in [-0.39, 0.29) is 24.3 Å². The molecule has 1 N–H and O–H groups in total. The second-order valence-corrected chi connectivity index (χ2v) is 4.32. The lowest BCUT2D eigenvalue weighted by Gasteiger charge is -2.07. The number of ether oxygens (including phenoxy) is 2. The largest absolute Gasteiger partial charge is 0.490 e. The average molecular weight is 304 g/mol. The number of aromatic carboxylic acids is 1. The van der Waals surface area contributed by atoms with Crippen LogP contribution in [-0.2, 0) is 4.74 Å². The van der Waals surface area contributed by atoms with Crippen molar-refractivity contribution in [2.45, 2.75) is 0 Å². The van der Waals surface area contributed by atoms with Crippen molar-refractivity contribution in [2.24, 2.45) is 0 Å². The average Bonchev–Trinajstić information content (AvgIpc) is 2.52. The molecule has 0 fully saturated rings. The van der Waals surface area contributed by atoms with Crippen molar-refractivity contribution < 1.29 is 28.6 Å². The summed E-state index contributed by atoms with van der Waals surface area (Å²) in [7, 11) is 0. The van der Waals surface area contributed by atoms with Crippen LogP contribution in [0.2, 0.25) is 0 Å². The van der Waals surface area contributed by atoms with Crippen molar-refractivity contribution in [2.75, 3.05) is 13.2 Å². The number of carbonyl (C=O) groups excluding carboxylic acids is 1. The Morgan fingerprint density at radius 3 is 2.09 bits per heavy atom. The monoisotopic (exact) mass is 304 g/mol. The van der Waals surface area contributed by atoms with Gasteiger partial charge in [-0.3, -0.25) is 0 Å². The third-order valence-corrected chi connectivity index (χ3v) is 2.77. The van der Waals surface area contributed by atoms with Gasteiger partial charge in [0.2, 0.25) is 0 Å². The summed E-state index contributed by atoms with van der Waals surface area (Å²) in [5.41, 5.74) is 0.419. The summed E-state index contributed by atoms with van der Waals surface area (Å²) in [5.74, 6) is -1.53. The highest BCUT2D eigenvalue weighted by Crippen LogP contribution is 2.12. The molecule has 0 unspecified atom stereocenters. The lowest BCUT2D eigenvalue weighted by atomic mass is 10.2. The summed E-state index contributed by atoms with van der Waals surface area (Å²) >= 11 is 0. The Balaban J connectivity index is 1.75. The zero-order valence-electron chi connectivity index (χ0n) is 11.5. The number of carboxylic acids is 1. The Labute approximate surface area is 125 Å². The predicted molar refractivity (Wildman–Crippen MR) is 75.6 cm³/mol. The molecule has 22 heavy (non-hydrogen) atoms. The molecule has 2 aromatic carbocycles. The first-order valence-corrected chi connectivity index (χ1v) is 6.45. The molecule has 2 aromatic rings. The molecule has 0 saturated heterocycles. The summed E-state index contributed by atoms with van der Waals surface area (Å²) in [6.07, 6.45) is 0. The van der Waals surface area contributed by atoms with Crippen molar-refractivity contribution >= 4 is 11.9 Å². The maximum atomic E-state index is 12.7. The topological polar surface area (TPSA) is 72.8 Å². The number of carbonyl (C=O) groups is 2. The maximum Gasteiger partial charge on any atom is 0.338 e. The third kappa shape index (κ3) is 4.31. The predicted octanol–water partition coefficient (Wildman–Crippen LogP) is 2.76. The summed E-state index contributed by atoms with van der Waals surface area (Å²) in [6, 6.07) is 10.9. The second-order valence-electron chi connectivity index (χ2n) is 4.32. The van der Waals surface area contributed by atoms with Gasteiger partial charge >= 0.3 is 11.9 Å². The number of rotatable bonds is 6. The molecule has 0 atom stereocenters. The highest BCUT2D eigenvalue weighted by molar-refractivity contribution is 5.89. The van der Waals surface area contributed by atoms with E-state index in [1.54, 1.807) is 0 Å². The third-order valence-electron chi connectivity index (χ3n) is 2.77. The van der Waals surface area contributed by atoms with Gasteiger partial charge in [-0.25, -0.2) is 14.0 Å². The van der Waals surface area contributed by atoms with Gasteiger partial charge in [0.15, 0.2) is 0 Å². The van der Waals surface area contributed by atoms with Gasteiger partial charge in [-0.1, -0.05) is 0 Å². The molecule has 0 aliphatic carbocycles.